The van der Waals surface area contributed by atoms with Gasteiger partial charge in [-0.2, -0.15) is 0 Å². The third-order valence-electron chi connectivity index (χ3n) is 13.3. The van der Waals surface area contributed by atoms with Crippen molar-refractivity contribution in [3.63, 3.8) is 0 Å². The van der Waals surface area contributed by atoms with E-state index in [0.717, 1.165) is 38.0 Å². The minimum atomic E-state index is -0.319. The van der Waals surface area contributed by atoms with Gasteiger partial charge >= 0.3 is 0 Å². The zero-order valence-electron chi connectivity index (χ0n) is 33.6. The van der Waals surface area contributed by atoms with E-state index >= 15 is 0 Å². The molecule has 0 spiro atoms. The minimum Gasteiger partial charge on any atom is -0.486 e. The number of nitrogens with one attached hydrogen (secondary N) is 4. The highest BCUT2D eigenvalue weighted by atomic mass is 32.1. The summed E-state index contributed by atoms with van der Waals surface area (Å²) in [7, 11) is 0. The van der Waals surface area contributed by atoms with Crippen molar-refractivity contribution < 1.29 is 38.1 Å². The molecule has 4 aliphatic carbocycles. The van der Waals surface area contributed by atoms with Crippen LogP contribution in [0.15, 0.2) is 36.4 Å². The molecule has 0 radical (unpaired) electrons. The maximum absolute atomic E-state index is 14.2. The first-order valence-electron chi connectivity index (χ1n) is 21.2. The predicted octanol–water partition coefficient (Wildman–Crippen LogP) is 7.94. The number of rotatable bonds is 13. The predicted molar refractivity (Wildman–Crippen MR) is 227 cm³/mol. The minimum absolute atomic E-state index is 0.0696. The SMILES string of the molecule is CCCC(=O)Nc1nc(N[C@H]2CC3CCC2C3)sc1C(=O)c1ccc2c(c1)OC(C13CCC(C1)[C@@H](Nc1nc(NC(C)=O)c(C(=O)c4ccc5c(c4)OCCO5)s1)C3)CO2. The molecule has 4 aromatic rings. The summed E-state index contributed by atoms with van der Waals surface area (Å²) in [5, 5.41) is 14.1. The molecule has 0 saturated heterocycles. The second-order valence-corrected chi connectivity index (χ2v) is 19.2. The monoisotopic (exact) mass is 852 g/mol. The number of ketones is 2. The van der Waals surface area contributed by atoms with Crippen molar-refractivity contribution in [1.82, 2.24) is 9.97 Å². The van der Waals surface area contributed by atoms with Crippen molar-refractivity contribution in [2.45, 2.75) is 96.2 Å². The number of hydrogen-bond donors (Lipinski definition) is 4. The standard InChI is InChI=1S/C44H48N6O8S2/c1-3-4-35(52)48-41-39(60-42(50-41)46-28-16-23-5-6-24(28)15-23)37(54)26-8-10-31-33(18-26)58-34(21-57-31)44-12-11-27(19-44)29(20-44)47-43-49-40(45-22(2)51)38(59-43)36(53)25-7-9-30-32(17-25)56-14-13-55-30/h7-10,17-18,23-24,27-29,34H,3-6,11-16,19-21H2,1-2H3,(H,45,51)(H,46,50)(H,47,49)(H,48,52)/t23?,24?,27?,28-,29-,34?,44?/m0/s1. The van der Waals surface area contributed by atoms with Crippen LogP contribution in [0.25, 0.3) is 0 Å². The Morgan fingerprint density at radius 2 is 1.42 bits per heavy atom. The molecule has 14 nitrogen and oxygen atoms in total. The van der Waals surface area contributed by atoms with E-state index in [1.807, 2.05) is 6.92 Å². The topological polar surface area (TPSA) is 179 Å². The van der Waals surface area contributed by atoms with Crippen LogP contribution in [0.2, 0.25) is 0 Å². The largest absolute Gasteiger partial charge is 0.486 e. The first-order valence-corrected chi connectivity index (χ1v) is 22.8. The second-order valence-electron chi connectivity index (χ2n) is 17.2. The third kappa shape index (κ3) is 7.35. The number of amides is 2. The normalized spacial score (nSPS) is 26.8. The average molecular weight is 853 g/mol. The first-order chi connectivity index (χ1) is 29.1. The van der Waals surface area contributed by atoms with Crippen LogP contribution >= 0.6 is 22.7 Å². The molecule has 4 fully saturated rings. The fourth-order valence-electron chi connectivity index (χ4n) is 10.5. The van der Waals surface area contributed by atoms with Crippen molar-refractivity contribution >= 4 is 68.0 Å². The summed E-state index contributed by atoms with van der Waals surface area (Å²) < 4.78 is 24.4. The molecule has 314 valence electrons. The van der Waals surface area contributed by atoms with Crippen LogP contribution in [0, 0.1) is 23.2 Å². The van der Waals surface area contributed by atoms with Crippen LogP contribution in [0.3, 0.4) is 0 Å². The van der Waals surface area contributed by atoms with E-state index < -0.39 is 0 Å². The second kappa shape index (κ2) is 15.7. The highest BCUT2D eigenvalue weighted by Crippen LogP contribution is 2.58. The van der Waals surface area contributed by atoms with Gasteiger partial charge in [-0.25, -0.2) is 9.97 Å². The average Bonchev–Trinajstić information content (AvgIpc) is 4.12. The van der Waals surface area contributed by atoms with E-state index in [1.54, 1.807) is 36.4 Å². The van der Waals surface area contributed by atoms with Crippen LogP contribution in [-0.4, -0.2) is 71.4 Å². The number of carbonyl (C=O) groups is 4. The number of hydrogen-bond acceptors (Lipinski definition) is 14. The maximum atomic E-state index is 14.2. The number of thiazole rings is 2. The Morgan fingerprint density at radius 3 is 2.08 bits per heavy atom. The van der Waals surface area contributed by atoms with Gasteiger partial charge < -0.3 is 40.2 Å². The highest BCUT2D eigenvalue weighted by molar-refractivity contribution is 7.18. The zero-order valence-corrected chi connectivity index (χ0v) is 35.2. The molecule has 7 atom stereocenters. The summed E-state index contributed by atoms with van der Waals surface area (Å²) in [5.41, 5.74) is 0.682. The van der Waals surface area contributed by atoms with E-state index in [0.29, 0.717) is 111 Å². The van der Waals surface area contributed by atoms with E-state index in [9.17, 15) is 19.2 Å². The molecule has 2 aliphatic heterocycles. The van der Waals surface area contributed by atoms with Gasteiger partial charge in [-0.1, -0.05) is 36.0 Å². The summed E-state index contributed by atoms with van der Waals surface area (Å²) >= 11 is 2.52. The lowest BCUT2D eigenvalue weighted by atomic mass is 9.77. The third-order valence-corrected chi connectivity index (χ3v) is 15.3. The number of benzene rings is 2. The van der Waals surface area contributed by atoms with Crippen LogP contribution in [0.4, 0.5) is 21.9 Å². The molecule has 2 aromatic heterocycles. The van der Waals surface area contributed by atoms with Crippen LogP contribution in [0.5, 0.6) is 23.0 Å². The van der Waals surface area contributed by atoms with Gasteiger partial charge in [0.05, 0.1) is 0 Å². The zero-order chi connectivity index (χ0) is 41.1. The van der Waals surface area contributed by atoms with Crippen molar-refractivity contribution in [2.75, 3.05) is 41.1 Å². The Kier molecular flexibility index (Phi) is 10.2. The number of fused-ring (bicyclic) bond motifs is 6. The molecule has 60 heavy (non-hydrogen) atoms. The summed E-state index contributed by atoms with van der Waals surface area (Å²) in [6, 6.07) is 10.8. The Balaban J connectivity index is 0.846. The molecular formula is C44H48N6O8S2. The molecule has 2 amide bonds. The highest BCUT2D eigenvalue weighted by Gasteiger charge is 2.56. The smallest absolute Gasteiger partial charge is 0.225 e. The van der Waals surface area contributed by atoms with Gasteiger partial charge in [-0.15, -0.1) is 0 Å². The summed E-state index contributed by atoms with van der Waals surface area (Å²) in [6.07, 6.45) is 9.35. The number of ether oxygens (including phenoxy) is 4. The van der Waals surface area contributed by atoms with Gasteiger partial charge in [-0.05, 0) is 106 Å². The molecule has 5 unspecified atom stereocenters. The van der Waals surface area contributed by atoms with E-state index in [-0.39, 0.29) is 46.8 Å². The van der Waals surface area contributed by atoms with Gasteiger partial charge in [0.15, 0.2) is 44.9 Å². The molecule has 10 rings (SSSR count). The van der Waals surface area contributed by atoms with Crippen molar-refractivity contribution in [2.24, 2.45) is 23.2 Å². The van der Waals surface area contributed by atoms with Crippen molar-refractivity contribution in [3.05, 3.63) is 57.3 Å². The Bertz CT molecular complexity index is 2380. The van der Waals surface area contributed by atoms with Crippen LogP contribution in [0.1, 0.15) is 109 Å². The Hall–Kier alpha value is -5.22. The van der Waals surface area contributed by atoms with E-state index in [2.05, 4.69) is 21.3 Å². The number of nitrogens with zero attached hydrogens (tertiary/aromatic N) is 2. The number of aromatic nitrogens is 2. The van der Waals surface area contributed by atoms with Gasteiger partial charge in [0.1, 0.15) is 35.7 Å². The lowest BCUT2D eigenvalue weighted by molar-refractivity contribution is -0.116. The van der Waals surface area contributed by atoms with Gasteiger partial charge in [0.25, 0.3) is 0 Å². The van der Waals surface area contributed by atoms with Gasteiger partial charge in [0.2, 0.25) is 23.4 Å². The lowest BCUT2D eigenvalue weighted by Crippen LogP contribution is -2.44. The Morgan fingerprint density at radius 1 is 0.750 bits per heavy atom. The summed E-state index contributed by atoms with van der Waals surface area (Å²) in [4.78, 5) is 63.1. The maximum Gasteiger partial charge on any atom is 0.225 e. The molecule has 2 aromatic carbocycles. The molecule has 4 saturated carbocycles. The van der Waals surface area contributed by atoms with Crippen LogP contribution < -0.4 is 40.2 Å². The fraction of sp³-hybridized carbons (Fsp3) is 0.500. The molecular weight excluding hydrogens is 805 g/mol. The van der Waals surface area contributed by atoms with Gasteiger partial charge in [0, 0.05) is 42.0 Å². The fourth-order valence-corrected chi connectivity index (χ4v) is 12.3. The lowest BCUT2D eigenvalue weighted by Gasteiger charge is -2.40. The molecule has 6 aliphatic rings. The Labute approximate surface area is 355 Å². The van der Waals surface area contributed by atoms with Crippen LogP contribution in [-0.2, 0) is 9.59 Å². The molecule has 4 heterocycles. The van der Waals surface area contributed by atoms with Crippen molar-refractivity contribution in [3.8, 4) is 23.0 Å². The van der Waals surface area contributed by atoms with Crippen molar-refractivity contribution in [1.29, 1.82) is 0 Å². The number of carbonyl (C=O) groups excluding carboxylic acids is 4. The molecule has 4 N–H and O–H groups in total. The molecule has 4 bridgehead atoms. The van der Waals surface area contributed by atoms with E-state index in [4.69, 9.17) is 28.9 Å². The van der Waals surface area contributed by atoms with E-state index in [1.165, 1.54) is 48.9 Å². The number of anilines is 4. The summed E-state index contributed by atoms with van der Waals surface area (Å²) in [6.45, 7) is 4.58. The molecule has 16 heteroatoms. The quantitative estimate of drug-likeness (QED) is 0.0956. The van der Waals surface area contributed by atoms with Gasteiger partial charge in [-0.3, -0.25) is 19.2 Å². The first kappa shape index (κ1) is 38.9. The summed E-state index contributed by atoms with van der Waals surface area (Å²) in [5.74, 6) is 3.48.